The summed E-state index contributed by atoms with van der Waals surface area (Å²) >= 11 is 0. The molecule has 6 nitrogen and oxygen atoms in total. The van der Waals surface area contributed by atoms with E-state index in [2.05, 4.69) is 33.7 Å². The first-order chi connectivity index (χ1) is 17.7. The van der Waals surface area contributed by atoms with E-state index in [1.54, 1.807) is 25.1 Å². The highest BCUT2D eigenvalue weighted by atomic mass is 32.2. The fraction of sp³-hybridized carbons (Fsp3) is 0.167. The number of benzene rings is 4. The van der Waals surface area contributed by atoms with Gasteiger partial charge in [-0.15, -0.1) is 0 Å². The second-order valence-electron chi connectivity index (χ2n) is 9.28. The van der Waals surface area contributed by atoms with Crippen LogP contribution in [-0.2, 0) is 16.6 Å². The number of anilines is 2. The van der Waals surface area contributed by atoms with Gasteiger partial charge in [0.15, 0.2) is 0 Å². The lowest BCUT2D eigenvalue weighted by Gasteiger charge is -2.14. The highest BCUT2D eigenvalue weighted by Crippen LogP contribution is 2.31. The first-order valence-corrected chi connectivity index (χ1v) is 13.7. The molecule has 0 spiro atoms. The van der Waals surface area contributed by atoms with Gasteiger partial charge in [-0.1, -0.05) is 36.4 Å². The van der Waals surface area contributed by atoms with Crippen molar-refractivity contribution in [3.63, 3.8) is 0 Å². The largest absolute Gasteiger partial charge is 0.341 e. The van der Waals surface area contributed by atoms with Crippen LogP contribution in [0.3, 0.4) is 0 Å². The predicted octanol–water partition coefficient (Wildman–Crippen LogP) is 6.79. The predicted molar refractivity (Wildman–Crippen MR) is 151 cm³/mol. The van der Waals surface area contributed by atoms with Gasteiger partial charge < -0.3 is 9.88 Å². The number of nitrogens with one attached hydrogen (secondary N) is 2. The molecule has 0 atom stereocenters. The second-order valence-corrected chi connectivity index (χ2v) is 10.9. The van der Waals surface area contributed by atoms with Crippen molar-refractivity contribution in [2.45, 2.75) is 39.1 Å². The lowest BCUT2D eigenvalue weighted by molar-refractivity contribution is 0.102. The molecule has 7 heteroatoms. The van der Waals surface area contributed by atoms with Gasteiger partial charge in [-0.05, 0) is 86.8 Å². The smallest absolute Gasteiger partial charge is 0.262 e. The third-order valence-electron chi connectivity index (χ3n) is 6.94. The number of carbonyl (C=O) groups excluding carboxylic acids is 1. The van der Waals surface area contributed by atoms with Crippen molar-refractivity contribution < 1.29 is 13.2 Å². The quantitative estimate of drug-likeness (QED) is 0.263. The van der Waals surface area contributed by atoms with Crippen molar-refractivity contribution in [3.05, 3.63) is 101 Å². The molecule has 5 aromatic rings. The fourth-order valence-electron chi connectivity index (χ4n) is 4.77. The molecule has 1 amide bonds. The van der Waals surface area contributed by atoms with E-state index in [1.165, 1.54) is 6.07 Å². The molecule has 5 rings (SSSR count). The van der Waals surface area contributed by atoms with Crippen LogP contribution in [0.25, 0.3) is 21.8 Å². The summed E-state index contributed by atoms with van der Waals surface area (Å²) in [7, 11) is -3.90. The Bertz CT molecular complexity index is 1790. The summed E-state index contributed by atoms with van der Waals surface area (Å²) < 4.78 is 31.5. The molecule has 0 unspecified atom stereocenters. The highest BCUT2D eigenvalue weighted by molar-refractivity contribution is 7.92. The van der Waals surface area contributed by atoms with Gasteiger partial charge in [-0.2, -0.15) is 0 Å². The van der Waals surface area contributed by atoms with Crippen LogP contribution >= 0.6 is 0 Å². The Morgan fingerprint density at radius 2 is 1.57 bits per heavy atom. The van der Waals surface area contributed by atoms with E-state index in [1.807, 2.05) is 56.3 Å². The third kappa shape index (κ3) is 4.47. The van der Waals surface area contributed by atoms with E-state index >= 15 is 0 Å². The number of aryl methyl sites for hydroxylation is 3. The zero-order valence-electron chi connectivity index (χ0n) is 21.3. The molecule has 1 heterocycles. The van der Waals surface area contributed by atoms with E-state index in [9.17, 15) is 13.2 Å². The molecule has 2 N–H and O–H groups in total. The minimum atomic E-state index is -3.90. The number of amides is 1. The molecule has 1 aromatic heterocycles. The number of rotatable bonds is 6. The minimum absolute atomic E-state index is 0.0718. The van der Waals surface area contributed by atoms with E-state index in [0.717, 1.165) is 39.5 Å². The van der Waals surface area contributed by atoms with Crippen LogP contribution in [0.5, 0.6) is 0 Å². The van der Waals surface area contributed by atoms with Gasteiger partial charge in [-0.25, -0.2) is 8.42 Å². The average molecular weight is 512 g/mol. The van der Waals surface area contributed by atoms with Crippen molar-refractivity contribution in [2.24, 2.45) is 0 Å². The first kappa shape index (κ1) is 24.6. The molecule has 188 valence electrons. The van der Waals surface area contributed by atoms with Crippen molar-refractivity contribution in [1.29, 1.82) is 0 Å². The Hall–Kier alpha value is -4.10. The average Bonchev–Trinajstić information content (AvgIpc) is 3.19. The number of para-hydroxylation sites is 1. The molecule has 0 bridgehead atoms. The Kier molecular flexibility index (Phi) is 6.25. The molecule has 0 saturated carbocycles. The maximum atomic E-state index is 13.3. The Morgan fingerprint density at radius 1 is 0.811 bits per heavy atom. The van der Waals surface area contributed by atoms with Crippen molar-refractivity contribution in [2.75, 3.05) is 10.0 Å². The van der Waals surface area contributed by atoms with Gasteiger partial charge in [0.25, 0.3) is 15.9 Å². The van der Waals surface area contributed by atoms with Gasteiger partial charge in [0.05, 0.1) is 10.6 Å². The van der Waals surface area contributed by atoms with E-state index in [-0.39, 0.29) is 16.4 Å². The monoisotopic (exact) mass is 511 g/mol. The van der Waals surface area contributed by atoms with Crippen LogP contribution in [-0.4, -0.2) is 18.9 Å². The third-order valence-corrected chi connectivity index (χ3v) is 8.44. The summed E-state index contributed by atoms with van der Waals surface area (Å²) in [6.07, 6.45) is 0. The van der Waals surface area contributed by atoms with E-state index in [4.69, 9.17) is 0 Å². The number of hydrogen-bond acceptors (Lipinski definition) is 3. The van der Waals surface area contributed by atoms with Crippen LogP contribution < -0.4 is 10.0 Å². The van der Waals surface area contributed by atoms with Crippen LogP contribution in [0, 0.1) is 20.8 Å². The molecular formula is C30H29N3O3S. The van der Waals surface area contributed by atoms with Crippen LogP contribution in [0.1, 0.15) is 34.0 Å². The van der Waals surface area contributed by atoms with Crippen molar-refractivity contribution >= 4 is 49.1 Å². The molecule has 0 fully saturated rings. The highest BCUT2D eigenvalue weighted by Gasteiger charge is 2.21. The first-order valence-electron chi connectivity index (χ1n) is 12.2. The normalized spacial score (nSPS) is 11.7. The van der Waals surface area contributed by atoms with Gasteiger partial charge in [0.1, 0.15) is 0 Å². The molecule has 0 aliphatic rings. The lowest BCUT2D eigenvalue weighted by atomic mass is 10.1. The Labute approximate surface area is 217 Å². The maximum Gasteiger partial charge on any atom is 0.262 e. The van der Waals surface area contributed by atoms with Crippen molar-refractivity contribution in [1.82, 2.24) is 4.57 Å². The summed E-state index contributed by atoms with van der Waals surface area (Å²) in [4.78, 5) is 13.3. The molecule has 4 aromatic carbocycles. The van der Waals surface area contributed by atoms with Gasteiger partial charge >= 0.3 is 0 Å². The van der Waals surface area contributed by atoms with Gasteiger partial charge in [-0.3, -0.25) is 9.52 Å². The zero-order chi connectivity index (χ0) is 26.3. The SMILES string of the molecule is CCn1c2ccccc2c2cc(NC(=O)c3ccc(C)c(S(=O)(=O)Nc4cccc(C)c4C)c3)ccc21. The minimum Gasteiger partial charge on any atom is -0.341 e. The number of carbonyl (C=O) groups is 1. The number of hydrogen-bond donors (Lipinski definition) is 2. The second kappa shape index (κ2) is 9.41. The zero-order valence-corrected chi connectivity index (χ0v) is 22.1. The summed E-state index contributed by atoms with van der Waals surface area (Å²) in [6.45, 7) is 8.47. The van der Waals surface area contributed by atoms with Crippen LogP contribution in [0.15, 0.2) is 83.8 Å². The molecular weight excluding hydrogens is 482 g/mol. The molecule has 0 radical (unpaired) electrons. The van der Waals surface area contributed by atoms with E-state index < -0.39 is 10.0 Å². The van der Waals surface area contributed by atoms with Crippen LogP contribution in [0.2, 0.25) is 0 Å². The van der Waals surface area contributed by atoms with Gasteiger partial charge in [0.2, 0.25) is 0 Å². The Balaban J connectivity index is 1.46. The molecule has 0 aliphatic heterocycles. The van der Waals surface area contributed by atoms with E-state index in [0.29, 0.717) is 16.9 Å². The summed E-state index contributed by atoms with van der Waals surface area (Å²) in [6, 6.07) is 24.3. The summed E-state index contributed by atoms with van der Waals surface area (Å²) in [5.74, 6) is -0.373. The fourth-order valence-corrected chi connectivity index (χ4v) is 6.16. The lowest BCUT2D eigenvalue weighted by Crippen LogP contribution is -2.17. The molecule has 0 aliphatic carbocycles. The maximum absolute atomic E-state index is 13.3. The summed E-state index contributed by atoms with van der Waals surface area (Å²) in [5, 5.41) is 5.12. The topological polar surface area (TPSA) is 80.2 Å². The van der Waals surface area contributed by atoms with Crippen molar-refractivity contribution in [3.8, 4) is 0 Å². The summed E-state index contributed by atoms with van der Waals surface area (Å²) in [5.41, 5.74) is 6.09. The number of nitrogens with zero attached hydrogens (tertiary/aromatic N) is 1. The molecule has 37 heavy (non-hydrogen) atoms. The van der Waals surface area contributed by atoms with Crippen LogP contribution in [0.4, 0.5) is 11.4 Å². The number of sulfonamides is 1. The Morgan fingerprint density at radius 3 is 2.35 bits per heavy atom. The number of aromatic nitrogens is 1. The standard InChI is InChI=1S/C30H29N3O3S/c1-5-33-27-12-7-6-10-24(27)25-18-23(15-16-28(25)33)31-30(34)22-14-13-20(3)29(17-22)37(35,36)32-26-11-8-9-19(2)21(26)4/h6-18,32H,5H2,1-4H3,(H,31,34). The molecule has 0 saturated heterocycles. The number of fused-ring (bicyclic) bond motifs is 3. The van der Waals surface area contributed by atoms with Gasteiger partial charge in [0, 0.05) is 39.6 Å².